The maximum Gasteiger partial charge on any atom is 0.559 e. The summed E-state index contributed by atoms with van der Waals surface area (Å²) < 4.78 is 59.8. The van der Waals surface area contributed by atoms with Crippen molar-refractivity contribution in [3.63, 3.8) is 0 Å². The molecule has 0 heterocycles. The predicted octanol–water partition coefficient (Wildman–Crippen LogP) is 1.94. The van der Waals surface area contributed by atoms with E-state index in [-0.39, 0.29) is 13.2 Å². The lowest BCUT2D eigenvalue weighted by molar-refractivity contribution is -0.237. The number of carboxylic acids is 1. The Bertz CT molecular complexity index is 179. The summed E-state index contributed by atoms with van der Waals surface area (Å²) in [5.41, 5.74) is 0. The molecule has 0 aliphatic rings. The molecule has 0 spiro atoms. The smallest absolute Gasteiger partial charge is 0.480 e. The highest BCUT2D eigenvalue weighted by Crippen LogP contribution is 2.13. The topological polar surface area (TPSA) is 55.8 Å². The maximum absolute atomic E-state index is 11.5. The van der Waals surface area contributed by atoms with Gasteiger partial charge in [-0.25, -0.2) is 4.79 Å². The van der Waals surface area contributed by atoms with Crippen LogP contribution in [0.15, 0.2) is 0 Å². The summed E-state index contributed by atoms with van der Waals surface area (Å²) in [5, 5.41) is 8.14. The van der Waals surface area contributed by atoms with E-state index < -0.39 is 19.1 Å². The van der Waals surface area contributed by atoms with E-state index >= 15 is 0 Å². The first-order chi connectivity index (χ1) is 7.77. The molecular formula is C8H13F5O4. The van der Waals surface area contributed by atoms with Crippen LogP contribution in [0.25, 0.3) is 0 Å². The van der Waals surface area contributed by atoms with Crippen LogP contribution >= 0.6 is 0 Å². The zero-order valence-electron chi connectivity index (χ0n) is 8.80. The molecule has 104 valence electrons. The molecule has 0 amide bonds. The highest BCUT2D eigenvalue weighted by atomic mass is 19.5. The van der Waals surface area contributed by atoms with Crippen molar-refractivity contribution in [3.05, 3.63) is 0 Å². The average Bonchev–Trinajstić information content (AvgIpc) is 2.13. The molecule has 0 saturated heterocycles. The van der Waals surface area contributed by atoms with Gasteiger partial charge in [-0.15, -0.1) is 17.6 Å². The minimum Gasteiger partial charge on any atom is -0.480 e. The van der Waals surface area contributed by atoms with Crippen LogP contribution in [0.3, 0.4) is 0 Å². The molecule has 0 radical (unpaired) electrons. The van der Waals surface area contributed by atoms with Gasteiger partial charge in [-0.05, 0) is 6.42 Å². The van der Waals surface area contributed by atoms with Crippen molar-refractivity contribution in [2.75, 3.05) is 33.1 Å². The van der Waals surface area contributed by atoms with Crippen LogP contribution in [0.4, 0.5) is 22.0 Å². The Hall–Kier alpha value is -0.960. The first-order valence-corrected chi connectivity index (χ1v) is 4.46. The lowest BCUT2D eigenvalue weighted by Gasteiger charge is -2.01. The first kappa shape index (κ1) is 18.4. The molecule has 0 aromatic rings. The SMILES string of the molecule is FC(F)(F)F.O=C(O)COCCOCCCF. The predicted molar refractivity (Wildman–Crippen MR) is 47.0 cm³/mol. The van der Waals surface area contributed by atoms with Gasteiger partial charge in [-0.3, -0.25) is 4.39 Å². The normalized spacial score (nSPS) is 10.6. The molecule has 0 aliphatic carbocycles. The maximum atomic E-state index is 11.5. The van der Waals surface area contributed by atoms with Gasteiger partial charge in [0.25, 0.3) is 0 Å². The van der Waals surface area contributed by atoms with Crippen molar-refractivity contribution in [1.29, 1.82) is 0 Å². The molecule has 0 atom stereocenters. The molecule has 17 heavy (non-hydrogen) atoms. The van der Waals surface area contributed by atoms with Crippen LogP contribution in [0.2, 0.25) is 0 Å². The Balaban J connectivity index is 0. The minimum atomic E-state index is -5.50. The summed E-state index contributed by atoms with van der Waals surface area (Å²) in [6, 6.07) is 0. The van der Waals surface area contributed by atoms with Gasteiger partial charge in [0.2, 0.25) is 0 Å². The van der Waals surface area contributed by atoms with Crippen LogP contribution in [0.5, 0.6) is 0 Å². The quantitative estimate of drug-likeness (QED) is 0.540. The van der Waals surface area contributed by atoms with Crippen LogP contribution < -0.4 is 0 Å². The lowest BCUT2D eigenvalue weighted by Crippen LogP contribution is -2.11. The highest BCUT2D eigenvalue weighted by molar-refractivity contribution is 5.67. The number of alkyl halides is 5. The number of aliphatic carboxylic acids is 1. The molecule has 0 aromatic heterocycles. The van der Waals surface area contributed by atoms with Gasteiger partial charge in [-0.1, -0.05) is 0 Å². The van der Waals surface area contributed by atoms with Crippen molar-refractivity contribution < 1.29 is 41.3 Å². The van der Waals surface area contributed by atoms with Gasteiger partial charge in [0, 0.05) is 6.61 Å². The van der Waals surface area contributed by atoms with Gasteiger partial charge in [0.05, 0.1) is 19.9 Å². The zero-order valence-corrected chi connectivity index (χ0v) is 8.80. The second-order valence-electron chi connectivity index (χ2n) is 2.53. The van der Waals surface area contributed by atoms with Gasteiger partial charge in [0.1, 0.15) is 6.61 Å². The standard InChI is InChI=1S/C7H13FO4.CF4/c8-2-1-3-11-4-5-12-6-7(9)10;2-1(3,4)5/h1-6H2,(H,9,10);. The molecule has 4 nitrogen and oxygen atoms in total. The fourth-order valence-electron chi connectivity index (χ4n) is 0.536. The van der Waals surface area contributed by atoms with Crippen molar-refractivity contribution in [3.8, 4) is 0 Å². The summed E-state index contributed by atoms with van der Waals surface area (Å²) in [6.07, 6.45) is -5.13. The molecule has 0 saturated carbocycles. The molecule has 0 aromatic carbocycles. The monoisotopic (exact) mass is 268 g/mol. The number of hydrogen-bond acceptors (Lipinski definition) is 3. The number of ether oxygens (including phenoxy) is 2. The molecule has 0 bridgehead atoms. The Kier molecular flexibility index (Phi) is 12.5. The van der Waals surface area contributed by atoms with Crippen molar-refractivity contribution >= 4 is 5.97 Å². The van der Waals surface area contributed by atoms with Gasteiger partial charge in [0.15, 0.2) is 0 Å². The summed E-state index contributed by atoms with van der Waals surface area (Å²) in [6.45, 7) is 0.196. The number of carbonyl (C=O) groups is 1. The second kappa shape index (κ2) is 11.5. The van der Waals surface area contributed by atoms with Crippen LogP contribution in [-0.2, 0) is 14.3 Å². The van der Waals surface area contributed by atoms with E-state index in [2.05, 4.69) is 4.74 Å². The van der Waals surface area contributed by atoms with Gasteiger partial charge in [-0.2, -0.15) is 0 Å². The van der Waals surface area contributed by atoms with Crippen molar-refractivity contribution in [2.45, 2.75) is 12.9 Å². The average molecular weight is 268 g/mol. The molecule has 0 rings (SSSR count). The number of hydrogen-bond donors (Lipinski definition) is 1. The first-order valence-electron chi connectivity index (χ1n) is 4.46. The summed E-state index contributed by atoms with van der Waals surface area (Å²) in [4.78, 5) is 9.92. The zero-order chi connectivity index (χ0) is 13.7. The Morgan fingerprint density at radius 3 is 1.94 bits per heavy atom. The van der Waals surface area contributed by atoms with E-state index in [9.17, 15) is 26.7 Å². The van der Waals surface area contributed by atoms with Crippen molar-refractivity contribution in [1.82, 2.24) is 0 Å². The minimum absolute atomic E-state index is 0.235. The third-order valence-corrected chi connectivity index (χ3v) is 1.02. The van der Waals surface area contributed by atoms with Crippen molar-refractivity contribution in [2.24, 2.45) is 0 Å². The summed E-state index contributed by atoms with van der Waals surface area (Å²) in [5.74, 6) is -1.00. The van der Waals surface area contributed by atoms with Gasteiger partial charge >= 0.3 is 12.4 Å². The lowest BCUT2D eigenvalue weighted by atomic mass is 10.5. The van der Waals surface area contributed by atoms with Gasteiger partial charge < -0.3 is 14.6 Å². The molecule has 9 heteroatoms. The van der Waals surface area contributed by atoms with Crippen LogP contribution in [0, 0.1) is 0 Å². The second-order valence-corrected chi connectivity index (χ2v) is 2.53. The number of halogens is 5. The number of rotatable bonds is 8. The molecule has 1 N–H and O–H groups in total. The molecule has 0 aliphatic heterocycles. The van der Waals surface area contributed by atoms with Crippen LogP contribution in [-0.4, -0.2) is 50.6 Å². The van der Waals surface area contributed by atoms with E-state index in [1.165, 1.54) is 0 Å². The third kappa shape index (κ3) is 39.6. The third-order valence-electron chi connectivity index (χ3n) is 1.02. The Morgan fingerprint density at radius 2 is 1.53 bits per heavy atom. The Morgan fingerprint density at radius 1 is 1.06 bits per heavy atom. The molecule has 0 unspecified atom stereocenters. The summed E-state index contributed by atoms with van der Waals surface area (Å²) >= 11 is 0. The fourth-order valence-corrected chi connectivity index (χ4v) is 0.536. The van der Waals surface area contributed by atoms with E-state index in [4.69, 9.17) is 9.84 Å². The molecular weight excluding hydrogens is 255 g/mol. The summed E-state index contributed by atoms with van der Waals surface area (Å²) in [7, 11) is 0. The highest BCUT2D eigenvalue weighted by Gasteiger charge is 2.24. The van der Waals surface area contributed by atoms with E-state index in [0.29, 0.717) is 19.6 Å². The Labute approximate surface area is 94.3 Å². The van der Waals surface area contributed by atoms with Crippen LogP contribution in [0.1, 0.15) is 6.42 Å². The molecule has 0 fully saturated rings. The number of carboxylic acid groups (broad SMARTS) is 1. The fraction of sp³-hybridized carbons (Fsp3) is 0.875. The van der Waals surface area contributed by atoms with E-state index in [1.807, 2.05) is 0 Å². The largest absolute Gasteiger partial charge is 0.559 e. The van der Waals surface area contributed by atoms with E-state index in [1.54, 1.807) is 0 Å². The van der Waals surface area contributed by atoms with E-state index in [0.717, 1.165) is 0 Å².